The molecule has 5 nitrogen and oxygen atoms in total. The summed E-state index contributed by atoms with van der Waals surface area (Å²) in [6.07, 6.45) is 1.47. The van der Waals surface area contributed by atoms with Gasteiger partial charge in [0.1, 0.15) is 17.0 Å². The van der Waals surface area contributed by atoms with Crippen LogP contribution in [-0.4, -0.2) is 20.2 Å². The Morgan fingerprint density at radius 2 is 1.88 bits per heavy atom. The van der Waals surface area contributed by atoms with Crippen molar-refractivity contribution in [1.82, 2.24) is 20.2 Å². The van der Waals surface area contributed by atoms with E-state index in [-0.39, 0.29) is 5.02 Å². The van der Waals surface area contributed by atoms with Crippen molar-refractivity contribution in [3.63, 3.8) is 0 Å². The lowest BCUT2D eigenvalue weighted by Crippen LogP contribution is -1.90. The number of para-hydroxylation sites is 1. The van der Waals surface area contributed by atoms with E-state index in [1.54, 1.807) is 0 Å². The summed E-state index contributed by atoms with van der Waals surface area (Å²) >= 11 is 13.4. The van der Waals surface area contributed by atoms with Gasteiger partial charge in [0.2, 0.25) is 0 Å². The summed E-state index contributed by atoms with van der Waals surface area (Å²) in [6, 6.07) is 12.2. The number of nitrogens with one attached hydrogen (secondary N) is 2. The van der Waals surface area contributed by atoms with E-state index in [4.69, 9.17) is 23.2 Å². The number of halogens is 3. The lowest BCUT2D eigenvalue weighted by Gasteiger charge is -2.05. The molecule has 0 bridgehead atoms. The molecular weight excluding hydrogens is 396 g/mol. The van der Waals surface area contributed by atoms with Crippen LogP contribution >= 0.6 is 34.5 Å². The average molecular weight is 406 g/mol. The molecule has 0 aliphatic heterocycles. The third-order valence-electron chi connectivity index (χ3n) is 3.54. The molecular formula is C17H10Cl2FN5S. The van der Waals surface area contributed by atoms with Gasteiger partial charge in [-0.15, -0.1) is 0 Å². The van der Waals surface area contributed by atoms with Crippen LogP contribution in [0.25, 0.3) is 22.0 Å². The molecule has 0 spiro atoms. The summed E-state index contributed by atoms with van der Waals surface area (Å²) in [4.78, 5) is 9.42. The topological polar surface area (TPSA) is 66.5 Å². The minimum Gasteiger partial charge on any atom is -0.332 e. The molecule has 2 aromatic heterocycles. The normalized spacial score (nSPS) is 10.9. The van der Waals surface area contributed by atoms with Crippen molar-refractivity contribution in [2.45, 2.75) is 0 Å². The molecule has 9 heteroatoms. The molecule has 0 fully saturated rings. The van der Waals surface area contributed by atoms with E-state index in [2.05, 4.69) is 25.5 Å². The summed E-state index contributed by atoms with van der Waals surface area (Å²) in [5, 5.41) is 10.9. The maximum atomic E-state index is 14.0. The highest BCUT2D eigenvalue weighted by Gasteiger charge is 2.21. The Bertz CT molecular complexity index is 1050. The molecule has 0 saturated heterocycles. The molecule has 0 amide bonds. The first-order valence-corrected chi connectivity index (χ1v) is 9.03. The Kier molecular flexibility index (Phi) is 4.58. The number of nitrogens with zero attached hydrogens (tertiary/aromatic N) is 3. The first kappa shape index (κ1) is 17.0. The summed E-state index contributed by atoms with van der Waals surface area (Å²) in [7, 11) is 0. The van der Waals surface area contributed by atoms with Gasteiger partial charge in [-0.2, -0.15) is 5.10 Å². The fourth-order valence-corrected chi connectivity index (χ4v) is 3.79. The second-order valence-corrected chi connectivity index (χ2v) is 7.07. The predicted molar refractivity (Wildman–Crippen MR) is 103 cm³/mol. The highest BCUT2D eigenvalue weighted by atomic mass is 35.5. The smallest absolute Gasteiger partial charge is 0.193 e. The lowest BCUT2D eigenvalue weighted by molar-refractivity contribution is 0.629. The molecule has 0 aliphatic rings. The standard InChI is InChI=1S/C17H10Cl2FN5S/c18-11-7-12(19)13(20)6-10(11)14-15(16-21-8-22-25-16)26-17(24-14)23-9-4-2-1-3-5-9/h1-8H,(H,23,24)(H,21,22,25). The zero-order chi connectivity index (χ0) is 18.1. The second kappa shape index (κ2) is 7.03. The van der Waals surface area contributed by atoms with E-state index in [1.807, 2.05) is 30.3 Å². The number of hydrogen-bond donors (Lipinski definition) is 2. The molecule has 0 unspecified atom stereocenters. The second-order valence-electron chi connectivity index (χ2n) is 5.26. The summed E-state index contributed by atoms with van der Waals surface area (Å²) in [6.45, 7) is 0. The fourth-order valence-electron chi connectivity index (χ4n) is 2.37. The van der Waals surface area contributed by atoms with Crippen molar-refractivity contribution in [1.29, 1.82) is 0 Å². The Balaban J connectivity index is 1.84. The molecule has 2 heterocycles. The monoisotopic (exact) mass is 405 g/mol. The van der Waals surface area contributed by atoms with Gasteiger partial charge in [-0.05, 0) is 24.3 Å². The fraction of sp³-hybridized carbons (Fsp3) is 0. The predicted octanol–water partition coefficient (Wildman–Crippen LogP) is 5.78. The van der Waals surface area contributed by atoms with E-state index < -0.39 is 5.82 Å². The number of anilines is 2. The van der Waals surface area contributed by atoms with Crippen LogP contribution in [-0.2, 0) is 0 Å². The van der Waals surface area contributed by atoms with Gasteiger partial charge in [-0.1, -0.05) is 52.7 Å². The molecule has 130 valence electrons. The third-order valence-corrected chi connectivity index (χ3v) is 5.10. The van der Waals surface area contributed by atoms with E-state index in [1.165, 1.54) is 29.8 Å². The van der Waals surface area contributed by atoms with Crippen molar-refractivity contribution in [2.24, 2.45) is 0 Å². The highest BCUT2D eigenvalue weighted by Crippen LogP contribution is 2.41. The number of thiazole rings is 1. The van der Waals surface area contributed by atoms with Crippen molar-refractivity contribution < 1.29 is 4.39 Å². The number of H-pyrrole nitrogens is 1. The quantitative estimate of drug-likeness (QED) is 0.422. The van der Waals surface area contributed by atoms with Crippen LogP contribution in [0, 0.1) is 5.82 Å². The van der Waals surface area contributed by atoms with Crippen LogP contribution < -0.4 is 5.32 Å². The van der Waals surface area contributed by atoms with Crippen LogP contribution in [0.4, 0.5) is 15.2 Å². The van der Waals surface area contributed by atoms with Crippen LogP contribution in [0.2, 0.25) is 10.0 Å². The van der Waals surface area contributed by atoms with Gasteiger partial charge in [0.15, 0.2) is 11.0 Å². The minimum absolute atomic E-state index is 0.0453. The molecule has 0 atom stereocenters. The maximum Gasteiger partial charge on any atom is 0.193 e. The molecule has 2 N–H and O–H groups in total. The van der Waals surface area contributed by atoms with Crippen molar-refractivity contribution in [2.75, 3.05) is 5.32 Å². The van der Waals surface area contributed by atoms with Crippen LogP contribution in [0.5, 0.6) is 0 Å². The zero-order valence-corrected chi connectivity index (χ0v) is 15.3. The summed E-state index contributed by atoms with van der Waals surface area (Å²) in [5.74, 6) is -0.123. The largest absolute Gasteiger partial charge is 0.332 e. The van der Waals surface area contributed by atoms with Crippen LogP contribution in [0.15, 0.2) is 48.8 Å². The molecule has 26 heavy (non-hydrogen) atoms. The lowest BCUT2D eigenvalue weighted by atomic mass is 10.1. The van der Waals surface area contributed by atoms with Gasteiger partial charge >= 0.3 is 0 Å². The van der Waals surface area contributed by atoms with E-state index in [0.29, 0.717) is 32.1 Å². The first-order valence-electron chi connectivity index (χ1n) is 7.46. The number of rotatable bonds is 4. The third kappa shape index (κ3) is 3.29. The van der Waals surface area contributed by atoms with Crippen LogP contribution in [0.1, 0.15) is 0 Å². The summed E-state index contributed by atoms with van der Waals surface area (Å²) in [5.41, 5.74) is 1.78. The maximum absolute atomic E-state index is 14.0. The van der Waals surface area contributed by atoms with Gasteiger partial charge in [0.05, 0.1) is 15.7 Å². The Morgan fingerprint density at radius 1 is 1.08 bits per heavy atom. The van der Waals surface area contributed by atoms with Crippen molar-refractivity contribution in [3.8, 4) is 22.0 Å². The van der Waals surface area contributed by atoms with Crippen molar-refractivity contribution in [3.05, 3.63) is 64.7 Å². The summed E-state index contributed by atoms with van der Waals surface area (Å²) < 4.78 is 14.0. The van der Waals surface area contributed by atoms with Crippen LogP contribution in [0.3, 0.4) is 0 Å². The van der Waals surface area contributed by atoms with E-state index in [9.17, 15) is 4.39 Å². The Hall–Kier alpha value is -2.48. The average Bonchev–Trinajstić information content (AvgIpc) is 3.28. The molecule has 4 aromatic rings. The van der Waals surface area contributed by atoms with Gasteiger partial charge < -0.3 is 5.32 Å². The molecule has 0 saturated carbocycles. The molecule has 4 rings (SSSR count). The van der Waals surface area contributed by atoms with Gasteiger partial charge in [-0.3, -0.25) is 5.10 Å². The molecule has 2 aromatic carbocycles. The van der Waals surface area contributed by atoms with Gasteiger partial charge in [-0.25, -0.2) is 14.4 Å². The number of benzene rings is 2. The number of aromatic nitrogens is 4. The molecule has 0 aliphatic carbocycles. The van der Waals surface area contributed by atoms with Gasteiger partial charge in [0.25, 0.3) is 0 Å². The minimum atomic E-state index is -0.572. The number of hydrogen-bond acceptors (Lipinski definition) is 5. The van der Waals surface area contributed by atoms with Gasteiger partial charge in [0, 0.05) is 11.3 Å². The Labute approximate surface area is 161 Å². The first-order chi connectivity index (χ1) is 12.6. The van der Waals surface area contributed by atoms with E-state index in [0.717, 1.165) is 5.69 Å². The highest BCUT2D eigenvalue weighted by molar-refractivity contribution is 7.19. The van der Waals surface area contributed by atoms with E-state index >= 15 is 0 Å². The zero-order valence-electron chi connectivity index (χ0n) is 13.0. The number of aromatic amines is 1. The molecule has 0 radical (unpaired) electrons. The SMILES string of the molecule is Fc1cc(-c2nc(Nc3ccccc3)sc2-c2nc[nH]n2)c(Cl)cc1Cl. The Morgan fingerprint density at radius 3 is 2.62 bits per heavy atom. The van der Waals surface area contributed by atoms with Crippen molar-refractivity contribution >= 4 is 45.4 Å².